The van der Waals surface area contributed by atoms with Crippen LogP contribution in [-0.2, 0) is 6.42 Å². The standard InChI is InChI=1S/C15H14O5/c16-10-2-1-8-5-9(7-20-13(8)6-10)11-3-4-12(17)15(19)14(11)18/h1-4,6,9,16-19H,5,7H2. The van der Waals surface area contributed by atoms with E-state index in [1.54, 1.807) is 24.3 Å². The predicted molar refractivity (Wildman–Crippen MR) is 71.5 cm³/mol. The van der Waals surface area contributed by atoms with Gasteiger partial charge >= 0.3 is 0 Å². The van der Waals surface area contributed by atoms with E-state index in [1.165, 1.54) is 6.07 Å². The fourth-order valence-corrected chi connectivity index (χ4v) is 2.47. The van der Waals surface area contributed by atoms with Crippen molar-refractivity contribution in [1.82, 2.24) is 0 Å². The molecule has 5 nitrogen and oxygen atoms in total. The fraction of sp³-hybridized carbons (Fsp3) is 0.200. The Labute approximate surface area is 115 Å². The molecule has 1 aliphatic heterocycles. The van der Waals surface area contributed by atoms with Crippen LogP contribution in [0.15, 0.2) is 30.3 Å². The molecule has 0 bridgehead atoms. The van der Waals surface area contributed by atoms with Crippen LogP contribution in [0.3, 0.4) is 0 Å². The molecule has 1 atom stereocenters. The summed E-state index contributed by atoms with van der Waals surface area (Å²) in [5, 5.41) is 38.2. The van der Waals surface area contributed by atoms with E-state index < -0.39 is 5.75 Å². The van der Waals surface area contributed by atoms with Gasteiger partial charge in [-0.1, -0.05) is 12.1 Å². The van der Waals surface area contributed by atoms with Crippen molar-refractivity contribution in [2.45, 2.75) is 12.3 Å². The Hall–Kier alpha value is -2.56. The molecule has 1 aliphatic rings. The zero-order chi connectivity index (χ0) is 14.3. The van der Waals surface area contributed by atoms with Crippen LogP contribution in [0.5, 0.6) is 28.7 Å². The number of benzene rings is 2. The Morgan fingerprint density at radius 1 is 0.950 bits per heavy atom. The molecule has 0 saturated carbocycles. The Kier molecular flexibility index (Phi) is 2.82. The highest BCUT2D eigenvalue weighted by atomic mass is 16.5. The van der Waals surface area contributed by atoms with Crippen molar-refractivity contribution >= 4 is 0 Å². The largest absolute Gasteiger partial charge is 0.508 e. The van der Waals surface area contributed by atoms with Gasteiger partial charge in [0.25, 0.3) is 0 Å². The molecule has 1 heterocycles. The lowest BCUT2D eigenvalue weighted by Crippen LogP contribution is -2.19. The number of phenolic OH excluding ortho intramolecular Hbond substituents is 4. The normalized spacial score (nSPS) is 17.3. The highest BCUT2D eigenvalue weighted by Crippen LogP contribution is 2.43. The summed E-state index contributed by atoms with van der Waals surface area (Å²) in [6.07, 6.45) is 0.618. The zero-order valence-corrected chi connectivity index (χ0v) is 10.6. The zero-order valence-electron chi connectivity index (χ0n) is 10.6. The van der Waals surface area contributed by atoms with Crippen LogP contribution in [0.25, 0.3) is 0 Å². The fourth-order valence-electron chi connectivity index (χ4n) is 2.47. The van der Waals surface area contributed by atoms with Crippen LogP contribution in [-0.4, -0.2) is 27.0 Å². The molecule has 0 aliphatic carbocycles. The van der Waals surface area contributed by atoms with Crippen LogP contribution in [0.1, 0.15) is 17.0 Å². The van der Waals surface area contributed by atoms with Crippen molar-refractivity contribution in [3.8, 4) is 28.7 Å². The molecular weight excluding hydrogens is 260 g/mol. The van der Waals surface area contributed by atoms with Crippen molar-refractivity contribution in [2.24, 2.45) is 0 Å². The van der Waals surface area contributed by atoms with Gasteiger partial charge in [0.15, 0.2) is 11.5 Å². The lowest BCUT2D eigenvalue weighted by Gasteiger charge is -2.26. The second kappa shape index (κ2) is 4.52. The van der Waals surface area contributed by atoms with Crippen LogP contribution in [0.2, 0.25) is 0 Å². The number of phenols is 4. The Balaban J connectivity index is 1.94. The molecule has 4 N–H and O–H groups in total. The first-order chi connectivity index (χ1) is 9.56. The van der Waals surface area contributed by atoms with Gasteiger partial charge in [-0.25, -0.2) is 0 Å². The van der Waals surface area contributed by atoms with Gasteiger partial charge in [-0.15, -0.1) is 0 Å². The van der Waals surface area contributed by atoms with Gasteiger partial charge in [0.1, 0.15) is 11.5 Å². The minimum Gasteiger partial charge on any atom is -0.508 e. The lowest BCUT2D eigenvalue weighted by molar-refractivity contribution is 0.257. The van der Waals surface area contributed by atoms with Crippen LogP contribution in [0.4, 0.5) is 0 Å². The van der Waals surface area contributed by atoms with Crippen molar-refractivity contribution in [1.29, 1.82) is 0 Å². The van der Waals surface area contributed by atoms with Gasteiger partial charge in [-0.3, -0.25) is 0 Å². The number of fused-ring (bicyclic) bond motifs is 1. The number of hydrogen-bond donors (Lipinski definition) is 4. The molecule has 20 heavy (non-hydrogen) atoms. The first kappa shape index (κ1) is 12.5. The van der Waals surface area contributed by atoms with Crippen molar-refractivity contribution < 1.29 is 25.2 Å². The van der Waals surface area contributed by atoms with Gasteiger partial charge in [-0.2, -0.15) is 0 Å². The van der Waals surface area contributed by atoms with Crippen LogP contribution in [0, 0.1) is 0 Å². The minimum atomic E-state index is -0.515. The summed E-state index contributed by atoms with van der Waals surface area (Å²) in [4.78, 5) is 0. The van der Waals surface area contributed by atoms with Crippen molar-refractivity contribution in [3.63, 3.8) is 0 Å². The first-order valence-corrected chi connectivity index (χ1v) is 6.24. The van der Waals surface area contributed by atoms with Gasteiger partial charge in [0.2, 0.25) is 5.75 Å². The topological polar surface area (TPSA) is 90.2 Å². The van der Waals surface area contributed by atoms with E-state index in [1.807, 2.05) is 0 Å². The highest BCUT2D eigenvalue weighted by molar-refractivity contribution is 5.55. The van der Waals surface area contributed by atoms with Gasteiger partial charge in [-0.05, 0) is 24.1 Å². The first-order valence-electron chi connectivity index (χ1n) is 6.24. The van der Waals surface area contributed by atoms with E-state index in [2.05, 4.69) is 0 Å². The summed E-state index contributed by atoms with van der Waals surface area (Å²) in [6.45, 7) is 0.328. The second-order valence-corrected chi connectivity index (χ2v) is 4.88. The maximum atomic E-state index is 9.92. The number of hydrogen-bond acceptors (Lipinski definition) is 5. The molecule has 5 heteroatoms. The molecule has 0 spiro atoms. The highest BCUT2D eigenvalue weighted by Gasteiger charge is 2.25. The molecule has 0 aromatic heterocycles. The van der Waals surface area contributed by atoms with E-state index in [4.69, 9.17) is 4.74 Å². The monoisotopic (exact) mass is 274 g/mol. The summed E-state index contributed by atoms with van der Waals surface area (Å²) < 4.78 is 5.58. The SMILES string of the molecule is Oc1ccc2c(c1)OCC(c1ccc(O)c(O)c1O)C2. The van der Waals surface area contributed by atoms with Gasteiger partial charge in [0, 0.05) is 17.5 Å². The quantitative estimate of drug-likeness (QED) is 0.599. The summed E-state index contributed by atoms with van der Waals surface area (Å²) >= 11 is 0. The third kappa shape index (κ3) is 1.97. The molecular formula is C15H14O5. The number of aromatic hydroxyl groups is 4. The molecule has 0 saturated heterocycles. The van der Waals surface area contributed by atoms with E-state index in [-0.39, 0.29) is 23.2 Å². The molecule has 0 radical (unpaired) electrons. The number of rotatable bonds is 1. The average molecular weight is 274 g/mol. The van der Waals surface area contributed by atoms with Gasteiger partial charge < -0.3 is 25.2 Å². The van der Waals surface area contributed by atoms with Crippen molar-refractivity contribution in [2.75, 3.05) is 6.61 Å². The van der Waals surface area contributed by atoms with Crippen LogP contribution < -0.4 is 4.74 Å². The molecule has 104 valence electrons. The second-order valence-electron chi connectivity index (χ2n) is 4.88. The predicted octanol–water partition coefficient (Wildman–Crippen LogP) is 2.23. The molecule has 2 aromatic rings. The molecule has 0 amide bonds. The van der Waals surface area contributed by atoms with E-state index in [0.29, 0.717) is 24.3 Å². The molecule has 3 rings (SSSR count). The van der Waals surface area contributed by atoms with E-state index in [0.717, 1.165) is 5.56 Å². The Bertz CT molecular complexity index is 666. The number of ether oxygens (including phenoxy) is 1. The maximum Gasteiger partial charge on any atom is 0.200 e. The summed E-state index contributed by atoms with van der Waals surface area (Å²) in [6, 6.07) is 7.83. The summed E-state index contributed by atoms with van der Waals surface area (Å²) in [5.41, 5.74) is 1.45. The Morgan fingerprint density at radius 2 is 1.75 bits per heavy atom. The van der Waals surface area contributed by atoms with E-state index >= 15 is 0 Å². The molecule has 1 unspecified atom stereocenters. The third-order valence-electron chi connectivity index (χ3n) is 3.56. The summed E-state index contributed by atoms with van der Waals surface area (Å²) in [7, 11) is 0. The van der Waals surface area contributed by atoms with Crippen LogP contribution >= 0.6 is 0 Å². The van der Waals surface area contributed by atoms with Gasteiger partial charge in [0.05, 0.1) is 6.61 Å². The Morgan fingerprint density at radius 3 is 2.55 bits per heavy atom. The maximum absolute atomic E-state index is 9.92. The third-order valence-corrected chi connectivity index (χ3v) is 3.56. The smallest absolute Gasteiger partial charge is 0.200 e. The van der Waals surface area contributed by atoms with E-state index in [9.17, 15) is 20.4 Å². The molecule has 0 fully saturated rings. The lowest BCUT2D eigenvalue weighted by atomic mass is 9.89. The minimum absolute atomic E-state index is 0.126. The average Bonchev–Trinajstić information content (AvgIpc) is 2.44. The molecule has 2 aromatic carbocycles. The summed E-state index contributed by atoms with van der Waals surface area (Å²) in [5.74, 6) is -0.539. The van der Waals surface area contributed by atoms with Crippen molar-refractivity contribution in [3.05, 3.63) is 41.5 Å².